The number of amides is 2. The second kappa shape index (κ2) is 7.58. The van der Waals surface area contributed by atoms with Crippen LogP contribution in [-0.4, -0.2) is 25.4 Å². The summed E-state index contributed by atoms with van der Waals surface area (Å²) in [6.07, 6.45) is 0.682. The highest BCUT2D eigenvalue weighted by Crippen LogP contribution is 2.10. The Morgan fingerprint density at radius 2 is 1.65 bits per heavy atom. The summed E-state index contributed by atoms with van der Waals surface area (Å²) < 4.78 is 0. The summed E-state index contributed by atoms with van der Waals surface area (Å²) in [5.74, 6) is -0.179. The van der Waals surface area contributed by atoms with Gasteiger partial charge in [-0.15, -0.1) is 0 Å². The van der Waals surface area contributed by atoms with Gasteiger partial charge in [-0.1, -0.05) is 18.2 Å². The van der Waals surface area contributed by atoms with Gasteiger partial charge in [0.25, 0.3) is 11.8 Å². The van der Waals surface area contributed by atoms with Gasteiger partial charge in [0.2, 0.25) is 0 Å². The van der Waals surface area contributed by atoms with Crippen LogP contribution in [0.1, 0.15) is 37.4 Å². The number of nitrogens with one attached hydrogen (secondary N) is 2. The zero-order valence-corrected chi connectivity index (χ0v) is 13.8. The number of hydrogen-bond donors (Lipinski definition) is 2. The number of hydrogen-bond acceptors (Lipinski definition) is 2. The Morgan fingerprint density at radius 1 is 0.913 bits per heavy atom. The van der Waals surface area contributed by atoms with Gasteiger partial charge in [0.15, 0.2) is 0 Å². The van der Waals surface area contributed by atoms with E-state index in [-0.39, 0.29) is 11.8 Å². The van der Waals surface area contributed by atoms with E-state index in [1.807, 2.05) is 50.2 Å². The van der Waals surface area contributed by atoms with Crippen LogP contribution in [0, 0.1) is 13.8 Å². The molecule has 2 aromatic rings. The number of rotatable bonds is 5. The highest BCUT2D eigenvalue weighted by molar-refractivity contribution is 5.95. The van der Waals surface area contributed by atoms with Crippen molar-refractivity contribution in [3.63, 3.8) is 0 Å². The largest absolute Gasteiger partial charge is 0.355 e. The second-order valence-corrected chi connectivity index (χ2v) is 5.58. The number of carbonyl (C=O) groups excluding carboxylic acids is 2. The molecule has 2 N–H and O–H groups in total. The van der Waals surface area contributed by atoms with Crippen LogP contribution in [0.5, 0.6) is 0 Å². The van der Waals surface area contributed by atoms with Crippen LogP contribution in [0.15, 0.2) is 42.5 Å². The number of carbonyl (C=O) groups is 2. The number of aryl methyl sites for hydroxylation is 2. The minimum atomic E-state index is -0.106. The molecule has 0 saturated carbocycles. The molecule has 0 aliphatic carbocycles. The van der Waals surface area contributed by atoms with E-state index >= 15 is 0 Å². The van der Waals surface area contributed by atoms with E-state index in [0.717, 1.165) is 11.1 Å². The maximum absolute atomic E-state index is 12.1. The summed E-state index contributed by atoms with van der Waals surface area (Å²) in [6.45, 7) is 4.55. The van der Waals surface area contributed by atoms with Gasteiger partial charge in [0.1, 0.15) is 0 Å². The fraction of sp³-hybridized carbons (Fsp3) is 0.263. The lowest BCUT2D eigenvalue weighted by Gasteiger charge is -2.08. The zero-order valence-electron chi connectivity index (χ0n) is 13.8. The molecule has 0 aliphatic rings. The van der Waals surface area contributed by atoms with Gasteiger partial charge in [0.05, 0.1) is 0 Å². The molecular formula is C19H22N2O2. The van der Waals surface area contributed by atoms with Crippen molar-refractivity contribution < 1.29 is 9.59 Å². The van der Waals surface area contributed by atoms with Gasteiger partial charge in [-0.25, -0.2) is 0 Å². The van der Waals surface area contributed by atoms with Crippen molar-refractivity contribution in [2.24, 2.45) is 0 Å². The van der Waals surface area contributed by atoms with Crippen molar-refractivity contribution in [2.45, 2.75) is 20.3 Å². The molecule has 0 unspecified atom stereocenters. The van der Waals surface area contributed by atoms with Crippen LogP contribution in [-0.2, 0) is 6.42 Å². The molecule has 0 bridgehead atoms. The van der Waals surface area contributed by atoms with Crippen LogP contribution in [0.4, 0.5) is 0 Å². The quantitative estimate of drug-likeness (QED) is 0.892. The molecule has 0 aliphatic heterocycles. The number of benzene rings is 2. The summed E-state index contributed by atoms with van der Waals surface area (Å²) in [4.78, 5) is 23.8. The maximum Gasteiger partial charge on any atom is 0.251 e. The summed E-state index contributed by atoms with van der Waals surface area (Å²) in [7, 11) is 1.61. The van der Waals surface area contributed by atoms with Crippen LogP contribution in [0.3, 0.4) is 0 Å². The highest BCUT2D eigenvalue weighted by atomic mass is 16.2. The van der Waals surface area contributed by atoms with Crippen molar-refractivity contribution in [3.8, 4) is 0 Å². The van der Waals surface area contributed by atoms with Gasteiger partial charge in [-0.05, 0) is 61.2 Å². The first-order chi connectivity index (χ1) is 11.0. The van der Waals surface area contributed by atoms with Gasteiger partial charge < -0.3 is 10.6 Å². The van der Waals surface area contributed by atoms with E-state index in [4.69, 9.17) is 0 Å². The molecule has 0 spiro atoms. The minimum absolute atomic E-state index is 0.0736. The molecule has 0 radical (unpaired) electrons. The Hall–Kier alpha value is -2.62. The monoisotopic (exact) mass is 310 g/mol. The molecular weight excluding hydrogens is 288 g/mol. The fourth-order valence-corrected chi connectivity index (χ4v) is 2.32. The highest BCUT2D eigenvalue weighted by Gasteiger charge is 2.07. The third-order valence-electron chi connectivity index (χ3n) is 3.88. The van der Waals surface area contributed by atoms with Crippen LogP contribution in [0.2, 0.25) is 0 Å². The molecule has 120 valence electrons. The molecule has 2 aromatic carbocycles. The molecule has 4 heteroatoms. The van der Waals surface area contributed by atoms with Gasteiger partial charge in [-0.2, -0.15) is 0 Å². The van der Waals surface area contributed by atoms with Crippen LogP contribution in [0.25, 0.3) is 0 Å². The average molecular weight is 310 g/mol. The molecule has 2 amide bonds. The van der Waals surface area contributed by atoms with Crippen LogP contribution < -0.4 is 10.6 Å². The van der Waals surface area contributed by atoms with E-state index < -0.39 is 0 Å². The lowest BCUT2D eigenvalue weighted by atomic mass is 10.1. The molecule has 0 saturated heterocycles. The van der Waals surface area contributed by atoms with Crippen molar-refractivity contribution in [1.82, 2.24) is 10.6 Å². The lowest BCUT2D eigenvalue weighted by Crippen LogP contribution is -2.26. The SMILES string of the molecule is CNC(=O)c1cccc(CCNC(=O)c2ccc(C)c(C)c2)c1. The Bertz CT molecular complexity index is 723. The average Bonchev–Trinajstić information content (AvgIpc) is 2.56. The summed E-state index contributed by atoms with van der Waals surface area (Å²) >= 11 is 0. The van der Waals surface area contributed by atoms with Crippen molar-refractivity contribution in [1.29, 1.82) is 0 Å². The smallest absolute Gasteiger partial charge is 0.251 e. The van der Waals surface area contributed by atoms with E-state index in [1.54, 1.807) is 13.1 Å². The maximum atomic E-state index is 12.1. The summed E-state index contributed by atoms with van der Waals surface area (Å²) in [5, 5.41) is 5.52. The first-order valence-electron chi connectivity index (χ1n) is 7.67. The van der Waals surface area contributed by atoms with E-state index in [2.05, 4.69) is 10.6 Å². The molecule has 0 heterocycles. The minimum Gasteiger partial charge on any atom is -0.355 e. The topological polar surface area (TPSA) is 58.2 Å². The standard InChI is InChI=1S/C19H22N2O2/c1-13-7-8-17(11-14(13)2)19(23)21-10-9-15-5-4-6-16(12-15)18(22)20-3/h4-8,11-12H,9-10H2,1-3H3,(H,20,22)(H,21,23). The first kappa shape index (κ1) is 16.7. The Labute approximate surface area is 136 Å². The van der Waals surface area contributed by atoms with E-state index in [0.29, 0.717) is 24.1 Å². The fourth-order valence-electron chi connectivity index (χ4n) is 2.32. The third-order valence-corrected chi connectivity index (χ3v) is 3.88. The van der Waals surface area contributed by atoms with E-state index in [1.165, 1.54) is 5.56 Å². The zero-order chi connectivity index (χ0) is 16.8. The predicted octanol–water partition coefficient (Wildman–Crippen LogP) is 2.64. The Morgan fingerprint density at radius 3 is 2.35 bits per heavy atom. The normalized spacial score (nSPS) is 10.2. The summed E-state index contributed by atoms with van der Waals surface area (Å²) in [5.41, 5.74) is 4.60. The van der Waals surface area contributed by atoms with Crippen molar-refractivity contribution >= 4 is 11.8 Å². The van der Waals surface area contributed by atoms with Gasteiger partial charge in [0, 0.05) is 24.7 Å². The van der Waals surface area contributed by atoms with Crippen LogP contribution >= 0.6 is 0 Å². The van der Waals surface area contributed by atoms with Crippen molar-refractivity contribution in [3.05, 3.63) is 70.3 Å². The molecule has 23 heavy (non-hydrogen) atoms. The molecule has 0 fully saturated rings. The Kier molecular flexibility index (Phi) is 5.52. The summed E-state index contributed by atoms with van der Waals surface area (Å²) in [6, 6.07) is 13.1. The first-order valence-corrected chi connectivity index (χ1v) is 7.67. The van der Waals surface area contributed by atoms with Gasteiger partial charge in [-0.3, -0.25) is 9.59 Å². The lowest BCUT2D eigenvalue weighted by molar-refractivity contribution is 0.0948. The third kappa shape index (κ3) is 4.42. The Balaban J connectivity index is 1.93. The molecule has 0 aromatic heterocycles. The van der Waals surface area contributed by atoms with Crippen molar-refractivity contribution in [2.75, 3.05) is 13.6 Å². The second-order valence-electron chi connectivity index (χ2n) is 5.58. The van der Waals surface area contributed by atoms with Gasteiger partial charge >= 0.3 is 0 Å². The molecule has 2 rings (SSSR count). The molecule has 4 nitrogen and oxygen atoms in total. The predicted molar refractivity (Wildman–Crippen MR) is 91.8 cm³/mol. The van der Waals surface area contributed by atoms with E-state index in [9.17, 15) is 9.59 Å². The molecule has 0 atom stereocenters.